The maximum Gasteiger partial charge on any atom is 0.194 e. The van der Waals surface area contributed by atoms with E-state index in [2.05, 4.69) is 48.2 Å². The van der Waals surface area contributed by atoms with E-state index in [9.17, 15) is 0 Å². The molecule has 0 unspecified atom stereocenters. The van der Waals surface area contributed by atoms with Crippen molar-refractivity contribution in [1.82, 2.24) is 25.0 Å². The minimum Gasteiger partial charge on any atom is -0.497 e. The first-order chi connectivity index (χ1) is 13.8. The van der Waals surface area contributed by atoms with Gasteiger partial charge in [0.2, 0.25) is 0 Å². The highest BCUT2D eigenvalue weighted by Gasteiger charge is 2.19. The largest absolute Gasteiger partial charge is 0.497 e. The number of nitrogens with zero attached hydrogens (tertiary/aromatic N) is 5. The molecule has 0 bridgehead atoms. The third kappa shape index (κ3) is 4.91. The van der Waals surface area contributed by atoms with Crippen molar-refractivity contribution in [3.8, 4) is 5.75 Å². The summed E-state index contributed by atoms with van der Waals surface area (Å²) in [5.41, 5.74) is 2.59. The predicted molar refractivity (Wildman–Crippen MR) is 126 cm³/mol. The van der Waals surface area contributed by atoms with E-state index in [0.717, 1.165) is 55.8 Å². The van der Waals surface area contributed by atoms with Crippen molar-refractivity contribution in [3.63, 3.8) is 0 Å². The van der Waals surface area contributed by atoms with E-state index in [4.69, 9.17) is 4.74 Å². The number of hydrogen-bond acceptors (Lipinski definition) is 4. The molecule has 29 heavy (non-hydrogen) atoms. The number of hydrogen-bond donors (Lipinski definition) is 1. The molecule has 0 atom stereocenters. The first-order valence-corrected chi connectivity index (χ1v) is 9.98. The topological polar surface area (TPSA) is 67.6 Å². The number of halogens is 1. The first kappa shape index (κ1) is 21.6. The lowest BCUT2D eigenvalue weighted by atomic mass is 9.99. The second-order valence-electron chi connectivity index (χ2n) is 7.20. The van der Waals surface area contributed by atoms with Crippen LogP contribution in [0.5, 0.6) is 5.75 Å². The Morgan fingerprint density at radius 3 is 2.86 bits per heavy atom. The van der Waals surface area contributed by atoms with Gasteiger partial charge in [0.25, 0.3) is 0 Å². The molecule has 156 valence electrons. The molecule has 0 saturated carbocycles. The SMILES string of the molecule is CN=C(NCc1nnc2n1CCCC2)N1CC=C(c2cccc(OC)c2)CC1.I. The molecule has 2 aromatic rings. The average molecular weight is 508 g/mol. The Morgan fingerprint density at radius 1 is 1.21 bits per heavy atom. The van der Waals surface area contributed by atoms with Crippen molar-refractivity contribution in [2.24, 2.45) is 4.99 Å². The Labute approximate surface area is 189 Å². The Balaban J connectivity index is 0.00000240. The molecule has 2 aliphatic rings. The first-order valence-electron chi connectivity index (χ1n) is 9.98. The molecule has 0 radical (unpaired) electrons. The van der Waals surface area contributed by atoms with Crippen LogP contribution in [0, 0.1) is 0 Å². The quantitative estimate of drug-likeness (QED) is 0.391. The number of aryl methyl sites for hydroxylation is 1. The van der Waals surface area contributed by atoms with Gasteiger partial charge in [-0.15, -0.1) is 34.2 Å². The van der Waals surface area contributed by atoms with Crippen LogP contribution in [0.1, 0.15) is 36.5 Å². The minimum absolute atomic E-state index is 0. The normalized spacial score (nSPS) is 16.6. The number of aliphatic imine (C=N–C) groups is 1. The molecule has 4 rings (SSSR count). The molecule has 1 aromatic carbocycles. The fourth-order valence-corrected chi connectivity index (χ4v) is 3.94. The van der Waals surface area contributed by atoms with Gasteiger partial charge in [-0.2, -0.15) is 0 Å². The van der Waals surface area contributed by atoms with Gasteiger partial charge in [0, 0.05) is 33.1 Å². The van der Waals surface area contributed by atoms with E-state index in [1.165, 1.54) is 24.0 Å². The fraction of sp³-hybridized carbons (Fsp3) is 0.476. The predicted octanol–water partition coefficient (Wildman–Crippen LogP) is 3.11. The zero-order valence-electron chi connectivity index (χ0n) is 17.1. The number of ether oxygens (including phenoxy) is 1. The summed E-state index contributed by atoms with van der Waals surface area (Å²) in [4.78, 5) is 6.75. The number of rotatable bonds is 4. The summed E-state index contributed by atoms with van der Waals surface area (Å²) in [6, 6.07) is 8.27. The van der Waals surface area contributed by atoms with Crippen molar-refractivity contribution in [1.29, 1.82) is 0 Å². The summed E-state index contributed by atoms with van der Waals surface area (Å²) in [6.45, 7) is 3.45. The smallest absolute Gasteiger partial charge is 0.194 e. The third-order valence-electron chi connectivity index (χ3n) is 5.50. The second-order valence-corrected chi connectivity index (χ2v) is 7.20. The molecule has 1 aromatic heterocycles. The molecule has 0 fully saturated rings. The highest BCUT2D eigenvalue weighted by atomic mass is 127. The summed E-state index contributed by atoms with van der Waals surface area (Å²) in [5.74, 6) is 3.92. The molecular formula is C21H29IN6O. The lowest BCUT2D eigenvalue weighted by Crippen LogP contribution is -2.43. The van der Waals surface area contributed by atoms with Gasteiger partial charge in [-0.3, -0.25) is 4.99 Å². The van der Waals surface area contributed by atoms with Crippen molar-refractivity contribution < 1.29 is 4.74 Å². The van der Waals surface area contributed by atoms with Gasteiger partial charge in [-0.1, -0.05) is 18.2 Å². The summed E-state index contributed by atoms with van der Waals surface area (Å²) in [6.07, 6.45) is 6.71. The Bertz CT molecular complexity index is 891. The van der Waals surface area contributed by atoms with E-state index in [-0.39, 0.29) is 24.0 Å². The molecule has 8 heteroatoms. The lowest BCUT2D eigenvalue weighted by molar-refractivity contribution is 0.414. The summed E-state index contributed by atoms with van der Waals surface area (Å²) >= 11 is 0. The second kappa shape index (κ2) is 10.1. The maximum atomic E-state index is 5.35. The number of fused-ring (bicyclic) bond motifs is 1. The Kier molecular flexibility index (Phi) is 7.51. The van der Waals surface area contributed by atoms with Crippen LogP contribution in [0.25, 0.3) is 5.57 Å². The minimum atomic E-state index is 0. The van der Waals surface area contributed by atoms with Crippen LogP contribution in [-0.2, 0) is 19.5 Å². The highest BCUT2D eigenvalue weighted by Crippen LogP contribution is 2.25. The van der Waals surface area contributed by atoms with Gasteiger partial charge in [0.05, 0.1) is 13.7 Å². The van der Waals surface area contributed by atoms with E-state index in [1.807, 2.05) is 19.2 Å². The number of aromatic nitrogens is 3. The Morgan fingerprint density at radius 2 is 2.10 bits per heavy atom. The number of methoxy groups -OCH3 is 1. The number of guanidine groups is 1. The van der Waals surface area contributed by atoms with Gasteiger partial charge in [0.15, 0.2) is 11.8 Å². The van der Waals surface area contributed by atoms with Gasteiger partial charge < -0.3 is 19.5 Å². The van der Waals surface area contributed by atoms with Crippen LogP contribution in [0.15, 0.2) is 35.3 Å². The molecule has 0 spiro atoms. The van der Waals surface area contributed by atoms with Crippen molar-refractivity contribution in [3.05, 3.63) is 47.6 Å². The van der Waals surface area contributed by atoms with E-state index >= 15 is 0 Å². The summed E-state index contributed by atoms with van der Waals surface area (Å²) < 4.78 is 7.60. The van der Waals surface area contributed by atoms with Gasteiger partial charge in [-0.25, -0.2) is 0 Å². The average Bonchev–Trinajstić information content (AvgIpc) is 3.18. The lowest BCUT2D eigenvalue weighted by Gasteiger charge is -2.30. The molecule has 3 heterocycles. The standard InChI is InChI=1S/C21H28N6O.HI/c1-22-21(23-15-20-25-24-19-8-3-4-11-27(19)20)26-12-9-16(10-13-26)17-6-5-7-18(14-17)28-2;/h5-7,9,14H,3-4,8,10-13,15H2,1-2H3,(H,22,23);1H. The fourth-order valence-electron chi connectivity index (χ4n) is 3.94. The zero-order chi connectivity index (χ0) is 19.3. The highest BCUT2D eigenvalue weighted by molar-refractivity contribution is 14.0. The van der Waals surface area contributed by atoms with Crippen LogP contribution < -0.4 is 10.1 Å². The number of benzene rings is 1. The molecule has 1 N–H and O–H groups in total. The van der Waals surface area contributed by atoms with Crippen LogP contribution in [0.4, 0.5) is 0 Å². The van der Waals surface area contributed by atoms with Crippen LogP contribution in [0.3, 0.4) is 0 Å². The van der Waals surface area contributed by atoms with E-state index in [1.54, 1.807) is 7.11 Å². The molecule has 0 amide bonds. The van der Waals surface area contributed by atoms with E-state index < -0.39 is 0 Å². The molecule has 2 aliphatic heterocycles. The summed E-state index contributed by atoms with van der Waals surface area (Å²) in [5, 5.41) is 12.2. The number of nitrogens with one attached hydrogen (secondary N) is 1. The van der Waals surface area contributed by atoms with Crippen LogP contribution >= 0.6 is 24.0 Å². The zero-order valence-corrected chi connectivity index (χ0v) is 19.4. The van der Waals surface area contributed by atoms with Crippen molar-refractivity contribution in [2.75, 3.05) is 27.2 Å². The maximum absolute atomic E-state index is 5.35. The van der Waals surface area contributed by atoms with Crippen LogP contribution in [-0.4, -0.2) is 52.9 Å². The van der Waals surface area contributed by atoms with Crippen molar-refractivity contribution >= 4 is 35.5 Å². The van der Waals surface area contributed by atoms with E-state index in [0.29, 0.717) is 6.54 Å². The van der Waals surface area contributed by atoms with Gasteiger partial charge in [0.1, 0.15) is 11.6 Å². The summed E-state index contributed by atoms with van der Waals surface area (Å²) in [7, 11) is 3.54. The molecule has 0 aliphatic carbocycles. The van der Waals surface area contributed by atoms with Crippen molar-refractivity contribution in [2.45, 2.75) is 38.8 Å². The monoisotopic (exact) mass is 508 g/mol. The molecular weight excluding hydrogens is 479 g/mol. The Hall–Kier alpha value is -2.10. The molecule has 7 nitrogen and oxygen atoms in total. The third-order valence-corrected chi connectivity index (χ3v) is 5.50. The van der Waals surface area contributed by atoms with Crippen LogP contribution in [0.2, 0.25) is 0 Å². The van der Waals surface area contributed by atoms with Gasteiger partial charge >= 0.3 is 0 Å². The molecule has 0 saturated heterocycles. The van der Waals surface area contributed by atoms with Gasteiger partial charge in [-0.05, 0) is 42.5 Å².